The Balaban J connectivity index is 0.000000461. The van der Waals surface area contributed by atoms with Crippen molar-refractivity contribution >= 4 is 0 Å². The fraction of sp³-hybridized carbons (Fsp3) is 0.333. The lowest BCUT2D eigenvalue weighted by molar-refractivity contribution is 0.407. The van der Waals surface area contributed by atoms with Crippen LogP contribution in [0, 0.1) is 0 Å². The van der Waals surface area contributed by atoms with Gasteiger partial charge in [-0.05, 0) is 12.1 Å². The summed E-state index contributed by atoms with van der Waals surface area (Å²) in [5, 5.41) is 8.86. The predicted molar refractivity (Wildman–Crippen MR) is 46.0 cm³/mol. The van der Waals surface area contributed by atoms with Crippen molar-refractivity contribution < 1.29 is 9.84 Å². The number of rotatable bonds is 1. The fourth-order valence-electron chi connectivity index (χ4n) is 0.610. The Bertz CT molecular complexity index is 197. The molecule has 0 saturated heterocycles. The summed E-state index contributed by atoms with van der Waals surface area (Å²) in [6, 6.07) is 6.66. The first-order valence-electron chi connectivity index (χ1n) is 3.66. The number of phenols is 1. The number of phenolic OH excluding ortho intramolecular Hbond substituents is 1. The van der Waals surface area contributed by atoms with Crippen LogP contribution in [0.4, 0.5) is 0 Å². The minimum Gasteiger partial charge on any atom is -0.508 e. The first-order chi connectivity index (χ1) is 5.33. The molecule has 1 aromatic rings. The highest BCUT2D eigenvalue weighted by molar-refractivity contribution is 5.31. The standard InChI is InChI=1S/C7H8O2.C2H6/c1-9-7-4-2-3-6(8)5-7;1-2/h2-5,8H,1H3;1-2H3. The zero-order valence-electron chi connectivity index (χ0n) is 7.16. The van der Waals surface area contributed by atoms with Gasteiger partial charge in [0.15, 0.2) is 0 Å². The normalized spacial score (nSPS) is 7.91. The summed E-state index contributed by atoms with van der Waals surface area (Å²) >= 11 is 0. The van der Waals surface area contributed by atoms with Crippen LogP contribution in [0.5, 0.6) is 11.5 Å². The highest BCUT2D eigenvalue weighted by Gasteiger charge is 1.88. The smallest absolute Gasteiger partial charge is 0.122 e. The molecule has 0 aliphatic carbocycles. The van der Waals surface area contributed by atoms with E-state index in [9.17, 15) is 0 Å². The lowest BCUT2D eigenvalue weighted by Gasteiger charge is -1.97. The number of methoxy groups -OCH3 is 1. The molecule has 0 bridgehead atoms. The average molecular weight is 154 g/mol. The molecule has 0 saturated carbocycles. The largest absolute Gasteiger partial charge is 0.508 e. The molecule has 0 amide bonds. The van der Waals surface area contributed by atoms with Crippen LogP contribution in [0.2, 0.25) is 0 Å². The van der Waals surface area contributed by atoms with Crippen LogP contribution in [0.1, 0.15) is 13.8 Å². The van der Waals surface area contributed by atoms with Crippen LogP contribution < -0.4 is 4.74 Å². The number of benzene rings is 1. The second-order valence-corrected chi connectivity index (χ2v) is 1.70. The zero-order chi connectivity index (χ0) is 8.69. The van der Waals surface area contributed by atoms with Crippen molar-refractivity contribution in [2.75, 3.05) is 7.11 Å². The molecule has 2 nitrogen and oxygen atoms in total. The SMILES string of the molecule is CC.COc1cccc(O)c1. The fourth-order valence-corrected chi connectivity index (χ4v) is 0.610. The predicted octanol–water partition coefficient (Wildman–Crippen LogP) is 2.43. The van der Waals surface area contributed by atoms with Gasteiger partial charge in [-0.25, -0.2) is 0 Å². The van der Waals surface area contributed by atoms with E-state index >= 15 is 0 Å². The third-order valence-corrected chi connectivity index (χ3v) is 1.05. The second kappa shape index (κ2) is 5.59. The molecular weight excluding hydrogens is 140 g/mol. The van der Waals surface area contributed by atoms with Crippen LogP contribution in [-0.2, 0) is 0 Å². The van der Waals surface area contributed by atoms with E-state index in [0.717, 1.165) is 0 Å². The minimum atomic E-state index is 0.231. The number of ether oxygens (including phenoxy) is 1. The molecule has 0 spiro atoms. The molecule has 0 unspecified atom stereocenters. The lowest BCUT2D eigenvalue weighted by atomic mass is 10.3. The van der Waals surface area contributed by atoms with Crippen molar-refractivity contribution in [2.24, 2.45) is 0 Å². The first-order valence-corrected chi connectivity index (χ1v) is 3.66. The molecule has 2 heteroatoms. The van der Waals surface area contributed by atoms with Gasteiger partial charge < -0.3 is 9.84 Å². The highest BCUT2D eigenvalue weighted by atomic mass is 16.5. The lowest BCUT2D eigenvalue weighted by Crippen LogP contribution is -1.79. The Morgan fingerprint density at radius 3 is 2.27 bits per heavy atom. The summed E-state index contributed by atoms with van der Waals surface area (Å²) in [5.41, 5.74) is 0. The molecular formula is C9H14O2. The van der Waals surface area contributed by atoms with Gasteiger partial charge in [0.1, 0.15) is 11.5 Å². The molecule has 0 aliphatic rings. The third-order valence-electron chi connectivity index (χ3n) is 1.05. The zero-order valence-corrected chi connectivity index (χ0v) is 7.16. The molecule has 0 heterocycles. The number of hydrogen-bond donors (Lipinski definition) is 1. The Labute approximate surface area is 67.4 Å². The van der Waals surface area contributed by atoms with Crippen molar-refractivity contribution in [3.63, 3.8) is 0 Å². The Hall–Kier alpha value is -1.18. The van der Waals surface area contributed by atoms with E-state index in [1.807, 2.05) is 13.8 Å². The molecule has 1 aromatic carbocycles. The molecule has 62 valence electrons. The van der Waals surface area contributed by atoms with Crippen molar-refractivity contribution in [1.82, 2.24) is 0 Å². The maximum Gasteiger partial charge on any atom is 0.122 e. The van der Waals surface area contributed by atoms with Crippen LogP contribution in [0.3, 0.4) is 0 Å². The van der Waals surface area contributed by atoms with E-state index in [4.69, 9.17) is 9.84 Å². The van der Waals surface area contributed by atoms with E-state index < -0.39 is 0 Å². The molecule has 0 atom stereocenters. The highest BCUT2D eigenvalue weighted by Crippen LogP contribution is 2.16. The summed E-state index contributed by atoms with van der Waals surface area (Å²) in [4.78, 5) is 0. The monoisotopic (exact) mass is 154 g/mol. The van der Waals surface area contributed by atoms with Crippen LogP contribution in [-0.4, -0.2) is 12.2 Å². The summed E-state index contributed by atoms with van der Waals surface area (Å²) in [7, 11) is 1.56. The van der Waals surface area contributed by atoms with Gasteiger partial charge in [0.25, 0.3) is 0 Å². The minimum absolute atomic E-state index is 0.231. The molecule has 11 heavy (non-hydrogen) atoms. The molecule has 1 rings (SSSR count). The average Bonchev–Trinajstić information content (AvgIpc) is 2.08. The van der Waals surface area contributed by atoms with Gasteiger partial charge in [0.05, 0.1) is 7.11 Å². The van der Waals surface area contributed by atoms with Crippen molar-refractivity contribution in [2.45, 2.75) is 13.8 Å². The Morgan fingerprint density at radius 1 is 1.27 bits per heavy atom. The second-order valence-electron chi connectivity index (χ2n) is 1.70. The number of hydrogen-bond acceptors (Lipinski definition) is 2. The van der Waals surface area contributed by atoms with Gasteiger partial charge in [-0.1, -0.05) is 19.9 Å². The molecule has 0 aromatic heterocycles. The van der Waals surface area contributed by atoms with E-state index in [1.54, 1.807) is 31.4 Å². The van der Waals surface area contributed by atoms with Crippen molar-refractivity contribution in [1.29, 1.82) is 0 Å². The molecule has 0 fully saturated rings. The maximum absolute atomic E-state index is 8.86. The maximum atomic E-state index is 8.86. The molecule has 0 aliphatic heterocycles. The van der Waals surface area contributed by atoms with E-state index in [-0.39, 0.29) is 5.75 Å². The summed E-state index contributed by atoms with van der Waals surface area (Å²) < 4.78 is 4.84. The van der Waals surface area contributed by atoms with Gasteiger partial charge in [0.2, 0.25) is 0 Å². The summed E-state index contributed by atoms with van der Waals surface area (Å²) in [6.45, 7) is 4.00. The van der Waals surface area contributed by atoms with Gasteiger partial charge in [-0.15, -0.1) is 0 Å². The van der Waals surface area contributed by atoms with Gasteiger partial charge in [-0.2, -0.15) is 0 Å². The summed E-state index contributed by atoms with van der Waals surface area (Å²) in [5.74, 6) is 0.907. The Morgan fingerprint density at radius 2 is 1.91 bits per heavy atom. The summed E-state index contributed by atoms with van der Waals surface area (Å²) in [6.07, 6.45) is 0. The Kier molecular flexibility index (Phi) is 4.99. The van der Waals surface area contributed by atoms with Gasteiger partial charge in [0, 0.05) is 6.07 Å². The van der Waals surface area contributed by atoms with E-state index in [1.165, 1.54) is 0 Å². The van der Waals surface area contributed by atoms with Crippen LogP contribution in [0.15, 0.2) is 24.3 Å². The first kappa shape index (κ1) is 9.82. The molecule has 0 radical (unpaired) electrons. The van der Waals surface area contributed by atoms with Gasteiger partial charge >= 0.3 is 0 Å². The van der Waals surface area contributed by atoms with Crippen LogP contribution >= 0.6 is 0 Å². The molecule has 1 N–H and O–H groups in total. The van der Waals surface area contributed by atoms with E-state index in [2.05, 4.69) is 0 Å². The number of aromatic hydroxyl groups is 1. The third kappa shape index (κ3) is 3.50. The van der Waals surface area contributed by atoms with Crippen molar-refractivity contribution in [3.8, 4) is 11.5 Å². The topological polar surface area (TPSA) is 29.5 Å². The van der Waals surface area contributed by atoms with Crippen molar-refractivity contribution in [3.05, 3.63) is 24.3 Å². The van der Waals surface area contributed by atoms with Gasteiger partial charge in [-0.3, -0.25) is 0 Å². The van der Waals surface area contributed by atoms with Crippen LogP contribution in [0.25, 0.3) is 0 Å². The quantitative estimate of drug-likeness (QED) is 0.673. The van der Waals surface area contributed by atoms with E-state index in [0.29, 0.717) is 5.75 Å².